The smallest absolute Gasteiger partial charge is 0.141 e. The molecular formula is C21H19Cl2FN2. The van der Waals surface area contributed by atoms with E-state index in [4.69, 9.17) is 23.2 Å². The Hall–Kier alpha value is -1.81. The summed E-state index contributed by atoms with van der Waals surface area (Å²) in [7, 11) is 0. The molecule has 1 atom stereocenters. The summed E-state index contributed by atoms with van der Waals surface area (Å²) >= 11 is 12.3. The highest BCUT2D eigenvalue weighted by Gasteiger charge is 2.27. The van der Waals surface area contributed by atoms with Crippen LogP contribution >= 0.6 is 23.2 Å². The molecule has 26 heavy (non-hydrogen) atoms. The summed E-state index contributed by atoms with van der Waals surface area (Å²) in [6.45, 7) is 2.62. The van der Waals surface area contributed by atoms with Gasteiger partial charge in [-0.3, -0.25) is 4.90 Å². The first-order valence-electron chi connectivity index (χ1n) is 8.70. The van der Waals surface area contributed by atoms with Gasteiger partial charge in [-0.15, -0.1) is 0 Å². The van der Waals surface area contributed by atoms with Crippen LogP contribution in [0.25, 0.3) is 0 Å². The fourth-order valence-electron chi connectivity index (χ4n) is 3.74. The van der Waals surface area contributed by atoms with Crippen molar-refractivity contribution in [3.63, 3.8) is 0 Å². The van der Waals surface area contributed by atoms with E-state index < -0.39 is 0 Å². The normalized spacial score (nSPS) is 17.7. The highest BCUT2D eigenvalue weighted by Crippen LogP contribution is 2.34. The van der Waals surface area contributed by atoms with Crippen molar-refractivity contribution in [1.29, 1.82) is 0 Å². The van der Waals surface area contributed by atoms with Gasteiger partial charge < -0.3 is 4.57 Å². The van der Waals surface area contributed by atoms with Gasteiger partial charge in [-0.25, -0.2) is 4.39 Å². The fourth-order valence-corrected chi connectivity index (χ4v) is 4.14. The van der Waals surface area contributed by atoms with Gasteiger partial charge in [0.2, 0.25) is 0 Å². The number of hydrogen-bond acceptors (Lipinski definition) is 1. The first-order valence-corrected chi connectivity index (χ1v) is 9.46. The van der Waals surface area contributed by atoms with Crippen LogP contribution in [0, 0.1) is 5.82 Å². The summed E-state index contributed by atoms with van der Waals surface area (Å²) in [5, 5.41) is 0.898. The summed E-state index contributed by atoms with van der Waals surface area (Å²) in [6, 6.07) is 17.3. The number of rotatable bonds is 3. The van der Waals surface area contributed by atoms with Gasteiger partial charge in [0, 0.05) is 36.5 Å². The van der Waals surface area contributed by atoms with Gasteiger partial charge >= 0.3 is 0 Å². The van der Waals surface area contributed by atoms with Gasteiger partial charge in [0.25, 0.3) is 0 Å². The predicted molar refractivity (Wildman–Crippen MR) is 104 cm³/mol. The third-order valence-corrected chi connectivity index (χ3v) is 5.41. The Morgan fingerprint density at radius 1 is 1.00 bits per heavy atom. The Bertz CT molecular complexity index is 922. The largest absolute Gasteiger partial charge is 0.350 e. The molecule has 0 spiro atoms. The van der Waals surface area contributed by atoms with Crippen LogP contribution in [0.3, 0.4) is 0 Å². The van der Waals surface area contributed by atoms with Crippen molar-refractivity contribution in [2.24, 2.45) is 0 Å². The first kappa shape index (κ1) is 17.6. The van der Waals surface area contributed by atoms with Crippen molar-refractivity contribution in [1.82, 2.24) is 9.47 Å². The van der Waals surface area contributed by atoms with E-state index in [2.05, 4.69) is 33.9 Å². The SMILES string of the molecule is Fc1ccc(CN2CCCn3cccc3C2c2cccc(Cl)c2)cc1Cl. The number of benzene rings is 2. The summed E-state index contributed by atoms with van der Waals surface area (Å²) in [4.78, 5) is 2.41. The van der Waals surface area contributed by atoms with Crippen LogP contribution in [0.15, 0.2) is 60.8 Å². The van der Waals surface area contributed by atoms with E-state index in [-0.39, 0.29) is 16.9 Å². The third kappa shape index (κ3) is 3.52. The van der Waals surface area contributed by atoms with E-state index in [0.29, 0.717) is 6.54 Å². The van der Waals surface area contributed by atoms with E-state index in [1.54, 1.807) is 12.1 Å². The number of fused-ring (bicyclic) bond motifs is 1. The first-order chi connectivity index (χ1) is 12.6. The fraction of sp³-hybridized carbons (Fsp3) is 0.238. The van der Waals surface area contributed by atoms with Crippen molar-refractivity contribution in [3.8, 4) is 0 Å². The predicted octanol–water partition coefficient (Wildman–Crippen LogP) is 5.93. The Kier molecular flexibility index (Phi) is 5.03. The van der Waals surface area contributed by atoms with Crippen molar-refractivity contribution in [2.75, 3.05) is 6.54 Å². The summed E-state index contributed by atoms with van der Waals surface area (Å²) in [5.41, 5.74) is 3.41. The molecule has 4 rings (SSSR count). The Labute approximate surface area is 162 Å². The van der Waals surface area contributed by atoms with Gasteiger partial charge in [0.15, 0.2) is 0 Å². The molecule has 2 heterocycles. The molecule has 2 aromatic carbocycles. The maximum absolute atomic E-state index is 13.5. The van der Waals surface area contributed by atoms with Gasteiger partial charge in [0.05, 0.1) is 11.1 Å². The molecule has 0 saturated carbocycles. The van der Waals surface area contributed by atoms with Crippen LogP contribution in [0.1, 0.15) is 29.3 Å². The molecule has 0 N–H and O–H groups in total. The van der Waals surface area contributed by atoms with Crippen molar-refractivity contribution < 1.29 is 4.39 Å². The minimum Gasteiger partial charge on any atom is -0.350 e. The zero-order chi connectivity index (χ0) is 18.1. The number of nitrogens with zero attached hydrogens (tertiary/aromatic N) is 2. The molecule has 1 aliphatic rings. The van der Waals surface area contributed by atoms with Crippen molar-refractivity contribution in [3.05, 3.63) is 93.5 Å². The number of halogens is 3. The van der Waals surface area contributed by atoms with E-state index in [1.807, 2.05) is 18.2 Å². The second-order valence-corrected chi connectivity index (χ2v) is 7.50. The Morgan fingerprint density at radius 2 is 1.88 bits per heavy atom. The molecule has 0 bridgehead atoms. The third-order valence-electron chi connectivity index (χ3n) is 4.89. The molecule has 0 saturated heterocycles. The van der Waals surface area contributed by atoms with Gasteiger partial charge in [-0.2, -0.15) is 0 Å². The summed E-state index contributed by atoms with van der Waals surface area (Å²) in [5.74, 6) is -0.383. The maximum Gasteiger partial charge on any atom is 0.141 e. The molecule has 0 fully saturated rings. The minimum absolute atomic E-state index is 0.0926. The van der Waals surface area contributed by atoms with Gasteiger partial charge in [-0.05, 0) is 53.9 Å². The molecule has 0 radical (unpaired) electrons. The lowest BCUT2D eigenvalue weighted by molar-refractivity contribution is 0.220. The van der Waals surface area contributed by atoms with Crippen LogP contribution in [-0.2, 0) is 13.1 Å². The number of hydrogen-bond donors (Lipinski definition) is 0. The van der Waals surface area contributed by atoms with Gasteiger partial charge in [-0.1, -0.05) is 41.4 Å². The van der Waals surface area contributed by atoms with Crippen molar-refractivity contribution >= 4 is 23.2 Å². The Balaban J connectivity index is 1.74. The summed E-state index contributed by atoms with van der Waals surface area (Å²) < 4.78 is 15.8. The zero-order valence-electron chi connectivity index (χ0n) is 14.2. The van der Waals surface area contributed by atoms with Crippen LogP contribution in [0.5, 0.6) is 0 Å². The Morgan fingerprint density at radius 3 is 2.69 bits per heavy atom. The molecular weight excluding hydrogens is 370 g/mol. The molecule has 134 valence electrons. The number of aryl methyl sites for hydroxylation is 1. The van der Waals surface area contributed by atoms with Gasteiger partial charge in [0.1, 0.15) is 5.82 Å². The minimum atomic E-state index is -0.383. The second kappa shape index (κ2) is 7.43. The monoisotopic (exact) mass is 388 g/mol. The molecule has 0 amide bonds. The molecule has 1 aliphatic heterocycles. The summed E-state index contributed by atoms with van der Waals surface area (Å²) in [6.07, 6.45) is 3.18. The van der Waals surface area contributed by atoms with Crippen LogP contribution < -0.4 is 0 Å². The lowest BCUT2D eigenvalue weighted by Crippen LogP contribution is -2.29. The van der Waals surface area contributed by atoms with E-state index in [0.717, 1.165) is 35.7 Å². The maximum atomic E-state index is 13.5. The van der Waals surface area contributed by atoms with Crippen LogP contribution in [0.4, 0.5) is 4.39 Å². The van der Waals surface area contributed by atoms with Crippen LogP contribution in [0.2, 0.25) is 10.0 Å². The van der Waals surface area contributed by atoms with E-state index >= 15 is 0 Å². The average molecular weight is 389 g/mol. The highest BCUT2D eigenvalue weighted by atomic mass is 35.5. The molecule has 0 aliphatic carbocycles. The van der Waals surface area contributed by atoms with E-state index in [9.17, 15) is 4.39 Å². The highest BCUT2D eigenvalue weighted by molar-refractivity contribution is 6.31. The standard InChI is InChI=1S/C21H19Cl2FN2/c22-17-5-1-4-16(13-17)21-20-6-2-9-25(20)10-3-11-26(21)14-15-7-8-19(24)18(23)12-15/h1-2,4-9,12-13,21H,3,10-11,14H2. The molecule has 1 unspecified atom stereocenters. The zero-order valence-corrected chi connectivity index (χ0v) is 15.7. The molecule has 3 aromatic rings. The molecule has 2 nitrogen and oxygen atoms in total. The van der Waals surface area contributed by atoms with E-state index in [1.165, 1.54) is 11.8 Å². The van der Waals surface area contributed by atoms with Crippen LogP contribution in [-0.4, -0.2) is 16.0 Å². The topological polar surface area (TPSA) is 8.17 Å². The quantitative estimate of drug-likeness (QED) is 0.539. The van der Waals surface area contributed by atoms with Crippen molar-refractivity contribution in [2.45, 2.75) is 25.6 Å². The second-order valence-electron chi connectivity index (χ2n) is 6.66. The molecule has 1 aromatic heterocycles. The average Bonchev–Trinajstić information content (AvgIpc) is 3.00. The molecule has 5 heteroatoms. The lowest BCUT2D eigenvalue weighted by atomic mass is 10.0. The number of aromatic nitrogens is 1. The lowest BCUT2D eigenvalue weighted by Gasteiger charge is -2.31.